The molecule has 1 saturated carbocycles. The second-order valence-corrected chi connectivity index (χ2v) is 11.6. The highest BCUT2D eigenvalue weighted by Gasteiger charge is 2.35. The van der Waals surface area contributed by atoms with Crippen LogP contribution >= 0.6 is 11.6 Å². The lowest BCUT2D eigenvalue weighted by molar-refractivity contribution is 0.0824. The summed E-state index contributed by atoms with van der Waals surface area (Å²) in [5.74, 6) is 2.55. The van der Waals surface area contributed by atoms with Crippen LogP contribution in [-0.2, 0) is 11.3 Å². The summed E-state index contributed by atoms with van der Waals surface area (Å²) < 4.78 is 18.4. The molecule has 14 heteroatoms. The van der Waals surface area contributed by atoms with E-state index in [1.54, 1.807) is 6.92 Å². The van der Waals surface area contributed by atoms with Gasteiger partial charge in [0.05, 0.1) is 13.2 Å². The number of imidazole rings is 1. The van der Waals surface area contributed by atoms with Crippen molar-refractivity contribution in [2.45, 2.75) is 52.1 Å². The molecule has 42 heavy (non-hydrogen) atoms. The molecular weight excluding hydrogens is 562 g/mol. The van der Waals surface area contributed by atoms with Crippen molar-refractivity contribution in [2.24, 2.45) is 11.8 Å². The van der Waals surface area contributed by atoms with E-state index in [2.05, 4.69) is 36.7 Å². The number of hydrogen-bond acceptors (Lipinski definition) is 11. The van der Waals surface area contributed by atoms with Gasteiger partial charge in [-0.2, -0.15) is 9.97 Å². The molecule has 1 saturated heterocycles. The first-order valence-electron chi connectivity index (χ1n) is 14.2. The molecule has 0 radical (unpaired) electrons. The van der Waals surface area contributed by atoms with Crippen LogP contribution in [0.2, 0.25) is 5.02 Å². The molecule has 0 amide bonds. The van der Waals surface area contributed by atoms with Gasteiger partial charge in [0.15, 0.2) is 11.5 Å². The summed E-state index contributed by atoms with van der Waals surface area (Å²) >= 11 is 6.44. The molecule has 7 rings (SSSR count). The zero-order valence-corrected chi connectivity index (χ0v) is 24.0. The third-order valence-corrected chi connectivity index (χ3v) is 8.36. The van der Waals surface area contributed by atoms with Crippen LogP contribution in [0.4, 0.5) is 5.95 Å². The standard InChI is InChI=1S/C28H30ClN9O4/c1-15-6-8-17(9-7-15)13-38-22-21(18-4-3-5-19(29)12-18)31-24(25-34-28(39)42-36-25)32-23(22)33-27(38)37-10-11-40-14-20(37)26-30-16(2)35-41-26/h3-5,12,15,17,20H,6-11,13-14H2,1-2H3,(H,34,36,39)/t15?,17?,20-/m0/s1. The van der Waals surface area contributed by atoms with E-state index in [0.29, 0.717) is 53.8 Å². The molecule has 13 nitrogen and oxygen atoms in total. The Morgan fingerprint density at radius 3 is 2.67 bits per heavy atom. The second kappa shape index (κ2) is 11.0. The molecule has 0 bridgehead atoms. The van der Waals surface area contributed by atoms with Gasteiger partial charge in [0.2, 0.25) is 17.6 Å². The van der Waals surface area contributed by atoms with Crippen LogP contribution < -0.4 is 10.7 Å². The number of aromatic nitrogens is 8. The lowest BCUT2D eigenvalue weighted by Gasteiger charge is -2.35. The Morgan fingerprint density at radius 1 is 1.07 bits per heavy atom. The fourth-order valence-electron chi connectivity index (χ4n) is 5.95. The highest BCUT2D eigenvalue weighted by molar-refractivity contribution is 6.30. The van der Waals surface area contributed by atoms with Gasteiger partial charge >= 0.3 is 5.76 Å². The third kappa shape index (κ3) is 5.07. The second-order valence-electron chi connectivity index (χ2n) is 11.1. The first-order valence-corrected chi connectivity index (χ1v) is 14.6. The Balaban J connectivity index is 1.45. The molecule has 5 aromatic rings. The number of morpholine rings is 1. The number of anilines is 1. The Bertz CT molecular complexity index is 1790. The van der Waals surface area contributed by atoms with Crippen LogP contribution in [0.25, 0.3) is 34.1 Å². The predicted octanol–water partition coefficient (Wildman–Crippen LogP) is 4.59. The minimum atomic E-state index is -0.693. The first kappa shape index (κ1) is 26.8. The number of nitrogens with zero attached hydrogens (tertiary/aromatic N) is 8. The Kier molecular flexibility index (Phi) is 6.98. The minimum absolute atomic E-state index is 0.119. The number of fused-ring (bicyclic) bond motifs is 1. The summed E-state index contributed by atoms with van der Waals surface area (Å²) in [5.41, 5.74) is 2.65. The number of H-pyrrole nitrogens is 1. The molecule has 0 spiro atoms. The van der Waals surface area contributed by atoms with Crippen molar-refractivity contribution in [3.8, 4) is 22.9 Å². The van der Waals surface area contributed by atoms with Crippen molar-refractivity contribution in [1.82, 2.24) is 39.8 Å². The zero-order chi connectivity index (χ0) is 28.8. The van der Waals surface area contributed by atoms with Gasteiger partial charge in [-0.15, -0.1) is 0 Å². The highest BCUT2D eigenvalue weighted by Crippen LogP contribution is 2.38. The van der Waals surface area contributed by atoms with Crippen molar-refractivity contribution < 1.29 is 13.8 Å². The average Bonchev–Trinajstić information content (AvgIpc) is 3.72. The van der Waals surface area contributed by atoms with E-state index in [4.69, 9.17) is 40.3 Å². The van der Waals surface area contributed by atoms with Crippen molar-refractivity contribution in [3.63, 3.8) is 0 Å². The SMILES string of the molecule is Cc1noc([C@@H]2COCCN2c2nc3nc(-c4noc(=O)[nH]4)nc(-c4cccc(Cl)c4)c3n2CC2CCC(C)CC2)n1. The Hall–Kier alpha value is -4.10. The molecule has 0 unspecified atom stereocenters. The van der Waals surface area contributed by atoms with Crippen LogP contribution in [0.3, 0.4) is 0 Å². The maximum absolute atomic E-state index is 11.8. The van der Waals surface area contributed by atoms with E-state index < -0.39 is 5.76 Å². The van der Waals surface area contributed by atoms with Gasteiger partial charge < -0.3 is 18.7 Å². The number of aryl methyl sites for hydroxylation is 1. The number of benzene rings is 1. The lowest BCUT2D eigenvalue weighted by Crippen LogP contribution is -2.41. The smallest absolute Gasteiger partial charge is 0.377 e. The lowest BCUT2D eigenvalue weighted by atomic mass is 9.83. The summed E-state index contributed by atoms with van der Waals surface area (Å²) in [4.78, 5) is 35.8. The molecule has 1 aromatic carbocycles. The molecular formula is C28H30ClN9O4. The van der Waals surface area contributed by atoms with Crippen molar-refractivity contribution in [2.75, 3.05) is 24.7 Å². The number of halogens is 1. The molecule has 1 aliphatic heterocycles. The molecule has 1 atom stereocenters. The largest absolute Gasteiger partial charge is 0.439 e. The van der Waals surface area contributed by atoms with Gasteiger partial charge in [-0.05, 0) is 43.7 Å². The van der Waals surface area contributed by atoms with Crippen LogP contribution in [0, 0.1) is 18.8 Å². The molecule has 2 fully saturated rings. The number of ether oxygens (including phenoxy) is 1. The van der Waals surface area contributed by atoms with Crippen molar-refractivity contribution in [3.05, 3.63) is 51.6 Å². The van der Waals surface area contributed by atoms with Crippen LogP contribution in [0.1, 0.15) is 50.4 Å². The quantitative estimate of drug-likeness (QED) is 0.295. The number of aromatic amines is 1. The van der Waals surface area contributed by atoms with Gasteiger partial charge in [0.1, 0.15) is 17.3 Å². The van der Waals surface area contributed by atoms with E-state index in [9.17, 15) is 4.79 Å². The van der Waals surface area contributed by atoms with E-state index in [0.717, 1.165) is 42.3 Å². The van der Waals surface area contributed by atoms with Gasteiger partial charge in [-0.3, -0.25) is 9.51 Å². The van der Waals surface area contributed by atoms with Gasteiger partial charge in [0.25, 0.3) is 5.89 Å². The van der Waals surface area contributed by atoms with Gasteiger partial charge in [0, 0.05) is 23.7 Å². The summed E-state index contributed by atoms with van der Waals surface area (Å²) in [6.07, 6.45) is 4.63. The van der Waals surface area contributed by atoms with E-state index in [1.165, 1.54) is 12.8 Å². The topological polar surface area (TPSA) is 154 Å². The number of hydrogen-bond donors (Lipinski definition) is 1. The third-order valence-electron chi connectivity index (χ3n) is 8.12. The molecule has 5 heterocycles. The fraction of sp³-hybridized carbons (Fsp3) is 0.464. The van der Waals surface area contributed by atoms with Gasteiger partial charge in [-0.1, -0.05) is 53.8 Å². The maximum Gasteiger partial charge on any atom is 0.439 e. The summed E-state index contributed by atoms with van der Waals surface area (Å²) in [7, 11) is 0. The van der Waals surface area contributed by atoms with Crippen molar-refractivity contribution >= 4 is 28.7 Å². The van der Waals surface area contributed by atoms with E-state index >= 15 is 0 Å². The van der Waals surface area contributed by atoms with Crippen LogP contribution in [0.15, 0.2) is 38.1 Å². The first-order chi connectivity index (χ1) is 20.4. The minimum Gasteiger partial charge on any atom is -0.377 e. The summed E-state index contributed by atoms with van der Waals surface area (Å²) in [6, 6.07) is 7.17. The maximum atomic E-state index is 11.8. The molecule has 1 N–H and O–H groups in total. The van der Waals surface area contributed by atoms with E-state index in [-0.39, 0.29) is 17.7 Å². The molecule has 218 valence electrons. The average molecular weight is 592 g/mol. The fourth-order valence-corrected chi connectivity index (χ4v) is 6.14. The Morgan fingerprint density at radius 2 is 1.93 bits per heavy atom. The summed E-state index contributed by atoms with van der Waals surface area (Å²) in [5, 5.41) is 8.43. The van der Waals surface area contributed by atoms with Gasteiger partial charge in [-0.25, -0.2) is 14.8 Å². The molecule has 4 aromatic heterocycles. The summed E-state index contributed by atoms with van der Waals surface area (Å²) in [6.45, 7) is 6.32. The molecule has 1 aliphatic carbocycles. The monoisotopic (exact) mass is 591 g/mol. The predicted molar refractivity (Wildman–Crippen MR) is 153 cm³/mol. The Labute approximate surface area is 245 Å². The van der Waals surface area contributed by atoms with Crippen molar-refractivity contribution in [1.29, 1.82) is 0 Å². The normalized spacial score (nSPS) is 21.3. The molecule has 2 aliphatic rings. The zero-order valence-electron chi connectivity index (χ0n) is 23.3. The van der Waals surface area contributed by atoms with E-state index in [1.807, 2.05) is 24.3 Å². The number of nitrogens with one attached hydrogen (secondary N) is 1. The highest BCUT2D eigenvalue weighted by atomic mass is 35.5. The van der Waals surface area contributed by atoms with Crippen LogP contribution in [-0.4, -0.2) is 59.6 Å². The van der Waals surface area contributed by atoms with Crippen LogP contribution in [0.5, 0.6) is 0 Å². The number of rotatable bonds is 6.